The maximum absolute atomic E-state index is 12.5. The number of benzene rings is 1. The zero-order valence-electron chi connectivity index (χ0n) is 14.0. The van der Waals surface area contributed by atoms with Crippen molar-refractivity contribution < 1.29 is 14.0 Å². The van der Waals surface area contributed by atoms with Crippen LogP contribution in [0.4, 0.5) is 0 Å². The van der Waals surface area contributed by atoms with Crippen molar-refractivity contribution in [1.29, 1.82) is 0 Å². The predicted molar refractivity (Wildman–Crippen MR) is 97.4 cm³/mol. The molecule has 1 aromatic heterocycles. The Morgan fingerprint density at radius 3 is 2.40 bits per heavy atom. The van der Waals surface area contributed by atoms with E-state index in [0.29, 0.717) is 22.3 Å². The highest BCUT2D eigenvalue weighted by Crippen LogP contribution is 2.14. The minimum Gasteiger partial charge on any atom is -0.457 e. The number of hydrogen-bond donors (Lipinski definition) is 1. The summed E-state index contributed by atoms with van der Waals surface area (Å²) < 4.78 is 5.57. The molecule has 1 saturated heterocycles. The molecule has 6 nitrogen and oxygen atoms in total. The topological polar surface area (TPSA) is 65.8 Å². The van der Waals surface area contributed by atoms with E-state index >= 15 is 0 Å². The normalized spacial score (nSPS) is 15.2. The maximum Gasteiger partial charge on any atom is 0.254 e. The lowest BCUT2D eigenvalue weighted by atomic mass is 10.1. The van der Waals surface area contributed by atoms with Gasteiger partial charge in [-0.1, -0.05) is 12.1 Å². The van der Waals surface area contributed by atoms with Crippen LogP contribution in [0.5, 0.6) is 0 Å². The van der Waals surface area contributed by atoms with Gasteiger partial charge in [0, 0.05) is 44.4 Å². The molecule has 0 atom stereocenters. The average Bonchev–Trinajstić information content (AvgIpc) is 3.07. The van der Waals surface area contributed by atoms with Crippen molar-refractivity contribution in [1.82, 2.24) is 15.1 Å². The molecule has 0 unspecified atom stereocenters. The Kier molecular flexibility index (Phi) is 5.55. The first-order chi connectivity index (χ1) is 12.0. The number of nitrogens with one attached hydrogen (secondary N) is 1. The Morgan fingerprint density at radius 1 is 1.12 bits per heavy atom. The lowest BCUT2D eigenvalue weighted by Gasteiger charge is -2.32. The first-order valence-electron chi connectivity index (χ1n) is 8.12. The minimum atomic E-state index is -0.202. The lowest BCUT2D eigenvalue weighted by Crippen LogP contribution is -2.47. The molecule has 0 spiro atoms. The van der Waals surface area contributed by atoms with E-state index in [4.69, 9.17) is 4.42 Å². The van der Waals surface area contributed by atoms with Crippen molar-refractivity contribution >= 4 is 27.7 Å². The second-order valence-electron chi connectivity index (χ2n) is 6.11. The molecule has 0 saturated carbocycles. The van der Waals surface area contributed by atoms with Gasteiger partial charge >= 0.3 is 0 Å². The fourth-order valence-electron chi connectivity index (χ4n) is 2.67. The van der Waals surface area contributed by atoms with Gasteiger partial charge in [-0.15, -0.1) is 0 Å². The number of hydrogen-bond acceptors (Lipinski definition) is 4. The summed E-state index contributed by atoms with van der Waals surface area (Å²) in [6, 6.07) is 8.99. The van der Waals surface area contributed by atoms with E-state index in [1.807, 2.05) is 29.2 Å². The van der Waals surface area contributed by atoms with Crippen molar-refractivity contribution in [2.24, 2.45) is 0 Å². The first kappa shape index (κ1) is 17.7. The quantitative estimate of drug-likeness (QED) is 0.847. The molecule has 0 radical (unpaired) electrons. The van der Waals surface area contributed by atoms with Crippen LogP contribution in [0.2, 0.25) is 0 Å². The third-order valence-electron chi connectivity index (χ3n) is 4.27. The summed E-state index contributed by atoms with van der Waals surface area (Å²) in [5, 5.41) is 2.82. The summed E-state index contributed by atoms with van der Waals surface area (Å²) in [5.74, 6) is -0.140. The summed E-state index contributed by atoms with van der Waals surface area (Å²) in [7, 11) is 2.06. The van der Waals surface area contributed by atoms with Gasteiger partial charge in [-0.3, -0.25) is 9.59 Å². The molecule has 1 aliphatic rings. The highest BCUT2D eigenvalue weighted by atomic mass is 79.9. The third kappa shape index (κ3) is 4.49. The van der Waals surface area contributed by atoms with Crippen LogP contribution < -0.4 is 5.32 Å². The van der Waals surface area contributed by atoms with E-state index in [-0.39, 0.29) is 11.8 Å². The van der Waals surface area contributed by atoms with Crippen LogP contribution in [0.15, 0.2) is 45.7 Å². The number of amides is 2. The van der Waals surface area contributed by atoms with Crippen molar-refractivity contribution in [3.05, 3.63) is 58.0 Å². The molecule has 1 N–H and O–H groups in total. The Bertz CT molecular complexity index is 749. The van der Waals surface area contributed by atoms with Crippen molar-refractivity contribution in [3.8, 4) is 0 Å². The minimum absolute atomic E-state index is 0.0620. The molecular formula is C18H20BrN3O3. The average molecular weight is 406 g/mol. The summed E-state index contributed by atoms with van der Waals surface area (Å²) in [4.78, 5) is 28.6. The molecule has 3 rings (SSSR count). The van der Waals surface area contributed by atoms with Gasteiger partial charge in [0.2, 0.25) is 0 Å². The van der Waals surface area contributed by atoms with E-state index in [2.05, 4.69) is 33.2 Å². The number of carbonyl (C=O) groups excluding carboxylic acids is 2. The van der Waals surface area contributed by atoms with Gasteiger partial charge in [-0.2, -0.15) is 0 Å². The molecule has 1 aromatic carbocycles. The van der Waals surface area contributed by atoms with E-state index in [1.165, 1.54) is 6.26 Å². The van der Waals surface area contributed by atoms with Crippen molar-refractivity contribution in [2.75, 3.05) is 33.2 Å². The molecule has 0 aliphatic carbocycles. The molecular weight excluding hydrogens is 386 g/mol. The maximum atomic E-state index is 12.5. The number of halogens is 1. The highest BCUT2D eigenvalue weighted by Gasteiger charge is 2.20. The first-order valence-corrected chi connectivity index (χ1v) is 8.91. The fraction of sp³-hybridized carbons (Fsp3) is 0.333. The summed E-state index contributed by atoms with van der Waals surface area (Å²) in [5.41, 5.74) is 2.08. The second kappa shape index (κ2) is 7.84. The summed E-state index contributed by atoms with van der Waals surface area (Å²) in [6.07, 6.45) is 1.40. The highest BCUT2D eigenvalue weighted by molar-refractivity contribution is 9.10. The molecule has 25 heavy (non-hydrogen) atoms. The van der Waals surface area contributed by atoms with E-state index < -0.39 is 0 Å². The van der Waals surface area contributed by atoms with E-state index in [9.17, 15) is 9.59 Å². The second-order valence-corrected chi connectivity index (χ2v) is 6.90. The Morgan fingerprint density at radius 2 is 1.80 bits per heavy atom. The predicted octanol–water partition coefficient (Wildman–Crippen LogP) is 2.36. The molecule has 2 amide bonds. The number of nitrogens with zero attached hydrogens (tertiary/aromatic N) is 2. The largest absolute Gasteiger partial charge is 0.457 e. The van der Waals surface area contributed by atoms with E-state index in [0.717, 1.165) is 31.7 Å². The summed E-state index contributed by atoms with van der Waals surface area (Å²) >= 11 is 3.17. The van der Waals surface area contributed by atoms with Crippen molar-refractivity contribution in [3.63, 3.8) is 0 Å². The van der Waals surface area contributed by atoms with Gasteiger partial charge in [-0.25, -0.2) is 0 Å². The molecule has 1 fully saturated rings. The number of carbonyl (C=O) groups is 2. The van der Waals surface area contributed by atoms with Crippen LogP contribution in [-0.4, -0.2) is 54.8 Å². The standard InChI is InChI=1S/C18H20BrN3O3/c1-21-6-8-22(9-7-21)18(24)14-4-2-13(3-5-14)11-20-17(23)15-10-16(19)25-12-15/h2-5,10,12H,6-9,11H2,1H3,(H,20,23). The smallest absolute Gasteiger partial charge is 0.254 e. The number of rotatable bonds is 4. The fourth-order valence-corrected chi connectivity index (χ4v) is 3.01. The van der Waals surface area contributed by atoms with Crippen LogP contribution in [0.25, 0.3) is 0 Å². The monoisotopic (exact) mass is 405 g/mol. The zero-order chi connectivity index (χ0) is 17.8. The molecule has 7 heteroatoms. The zero-order valence-corrected chi connectivity index (χ0v) is 15.6. The Balaban J connectivity index is 1.55. The Labute approximate surface area is 154 Å². The molecule has 1 aliphatic heterocycles. The van der Waals surface area contributed by atoms with Crippen LogP contribution in [0.1, 0.15) is 26.3 Å². The molecule has 2 aromatic rings. The van der Waals surface area contributed by atoms with Gasteiger partial charge < -0.3 is 19.5 Å². The van der Waals surface area contributed by atoms with Crippen LogP contribution >= 0.6 is 15.9 Å². The molecule has 132 valence electrons. The van der Waals surface area contributed by atoms with Crippen LogP contribution in [-0.2, 0) is 6.54 Å². The van der Waals surface area contributed by atoms with Gasteiger partial charge in [0.1, 0.15) is 6.26 Å². The molecule has 2 heterocycles. The van der Waals surface area contributed by atoms with Gasteiger partial charge in [0.05, 0.1) is 5.56 Å². The van der Waals surface area contributed by atoms with Crippen LogP contribution in [0.3, 0.4) is 0 Å². The van der Waals surface area contributed by atoms with E-state index in [1.54, 1.807) is 6.07 Å². The summed E-state index contributed by atoms with van der Waals surface area (Å²) in [6.45, 7) is 3.71. The van der Waals surface area contributed by atoms with Gasteiger partial charge in [-0.05, 0) is 40.7 Å². The lowest BCUT2D eigenvalue weighted by molar-refractivity contribution is 0.0664. The number of furan rings is 1. The molecule has 0 bridgehead atoms. The van der Waals surface area contributed by atoms with Crippen molar-refractivity contribution in [2.45, 2.75) is 6.54 Å². The Hall–Kier alpha value is -2.12. The van der Waals surface area contributed by atoms with Gasteiger partial charge in [0.15, 0.2) is 4.67 Å². The van der Waals surface area contributed by atoms with Gasteiger partial charge in [0.25, 0.3) is 11.8 Å². The SMILES string of the molecule is CN1CCN(C(=O)c2ccc(CNC(=O)c3coc(Br)c3)cc2)CC1. The number of piperazine rings is 1. The van der Waals surface area contributed by atoms with Crippen LogP contribution in [0, 0.1) is 0 Å². The number of likely N-dealkylation sites (N-methyl/N-ethyl adjacent to an activating group) is 1. The third-order valence-corrected chi connectivity index (χ3v) is 4.69.